The number of benzene rings is 2. The van der Waals surface area contributed by atoms with E-state index in [2.05, 4.69) is 36.6 Å². The number of para-hydroxylation sites is 2. The molecule has 3 aromatic rings. The van der Waals surface area contributed by atoms with Crippen LogP contribution in [-0.4, -0.2) is 41.6 Å². The number of amides is 1. The van der Waals surface area contributed by atoms with Crippen molar-refractivity contribution >= 4 is 22.9 Å². The second-order valence-electron chi connectivity index (χ2n) is 6.77. The molecule has 29 heavy (non-hydrogen) atoms. The minimum Gasteiger partial charge on any atom is -0.356 e. The Bertz CT molecular complexity index is 964. The third-order valence-corrected chi connectivity index (χ3v) is 4.67. The number of carbonyl (C=O) groups is 1. The Hall–Kier alpha value is -3.35. The quantitative estimate of drug-likeness (QED) is 0.312. The third kappa shape index (κ3) is 5.81. The summed E-state index contributed by atoms with van der Waals surface area (Å²) in [5, 5.41) is 9.19. The van der Waals surface area contributed by atoms with Gasteiger partial charge in [-0.1, -0.05) is 42.5 Å². The summed E-state index contributed by atoms with van der Waals surface area (Å²) in [6.07, 6.45) is 0.919. The zero-order chi connectivity index (χ0) is 20.5. The monoisotopic (exact) mass is 392 g/mol. The largest absolute Gasteiger partial charge is 0.356 e. The molecule has 0 fully saturated rings. The van der Waals surface area contributed by atoms with Crippen LogP contribution in [0.3, 0.4) is 0 Å². The van der Waals surface area contributed by atoms with E-state index < -0.39 is 0 Å². The molecule has 1 amide bonds. The number of aryl methyl sites for hydroxylation is 2. The van der Waals surface area contributed by atoms with Crippen molar-refractivity contribution in [3.63, 3.8) is 0 Å². The molecule has 7 nitrogen and oxygen atoms in total. The van der Waals surface area contributed by atoms with Gasteiger partial charge in [0.1, 0.15) is 5.82 Å². The fourth-order valence-corrected chi connectivity index (χ4v) is 3.17. The van der Waals surface area contributed by atoms with E-state index in [0.717, 1.165) is 41.9 Å². The van der Waals surface area contributed by atoms with Gasteiger partial charge in [-0.3, -0.25) is 9.79 Å². The standard InChI is InChI=1S/C22H28N6O/c1-17-27-19-11-6-7-12-20(19)28(17)14-8-13-24-22(23-2)26-16-21(29)25-15-18-9-4-3-5-10-18/h3-7,9-12H,8,13-16H2,1-2H3,(H,25,29)(H2,23,24,26). The minimum absolute atomic E-state index is 0.0719. The van der Waals surface area contributed by atoms with Crippen molar-refractivity contribution in [3.8, 4) is 0 Å². The average Bonchev–Trinajstić information content (AvgIpc) is 3.07. The Morgan fingerprint density at radius 2 is 1.79 bits per heavy atom. The summed E-state index contributed by atoms with van der Waals surface area (Å²) in [5.41, 5.74) is 3.25. The van der Waals surface area contributed by atoms with E-state index in [0.29, 0.717) is 12.5 Å². The minimum atomic E-state index is -0.0719. The first-order valence-electron chi connectivity index (χ1n) is 9.84. The molecular weight excluding hydrogens is 364 g/mol. The van der Waals surface area contributed by atoms with Gasteiger partial charge < -0.3 is 20.5 Å². The normalized spacial score (nSPS) is 11.4. The predicted molar refractivity (Wildman–Crippen MR) is 117 cm³/mol. The molecule has 2 aromatic carbocycles. The summed E-state index contributed by atoms with van der Waals surface area (Å²) < 4.78 is 2.23. The molecule has 0 aliphatic heterocycles. The first kappa shape index (κ1) is 20.4. The number of nitrogens with zero attached hydrogens (tertiary/aromatic N) is 3. The molecule has 0 saturated heterocycles. The van der Waals surface area contributed by atoms with E-state index in [1.807, 2.05) is 55.5 Å². The van der Waals surface area contributed by atoms with Crippen molar-refractivity contribution in [2.75, 3.05) is 20.1 Å². The highest BCUT2D eigenvalue weighted by atomic mass is 16.1. The lowest BCUT2D eigenvalue weighted by atomic mass is 10.2. The van der Waals surface area contributed by atoms with Gasteiger partial charge in [-0.05, 0) is 31.0 Å². The van der Waals surface area contributed by atoms with Crippen molar-refractivity contribution in [1.29, 1.82) is 0 Å². The van der Waals surface area contributed by atoms with Crippen LogP contribution in [0.4, 0.5) is 0 Å². The van der Waals surface area contributed by atoms with Crippen LogP contribution >= 0.6 is 0 Å². The number of aromatic nitrogens is 2. The van der Waals surface area contributed by atoms with E-state index >= 15 is 0 Å². The number of rotatable bonds is 8. The van der Waals surface area contributed by atoms with Crippen LogP contribution in [0.2, 0.25) is 0 Å². The Morgan fingerprint density at radius 1 is 1.03 bits per heavy atom. The van der Waals surface area contributed by atoms with E-state index in [9.17, 15) is 4.79 Å². The van der Waals surface area contributed by atoms with Crippen molar-refractivity contribution in [2.24, 2.45) is 4.99 Å². The Balaban J connectivity index is 1.38. The van der Waals surface area contributed by atoms with E-state index in [-0.39, 0.29) is 12.5 Å². The maximum atomic E-state index is 12.0. The highest BCUT2D eigenvalue weighted by Crippen LogP contribution is 2.15. The van der Waals surface area contributed by atoms with Gasteiger partial charge in [0, 0.05) is 26.7 Å². The molecule has 0 aliphatic carbocycles. The molecule has 0 atom stereocenters. The molecule has 3 N–H and O–H groups in total. The number of guanidine groups is 1. The molecule has 152 valence electrons. The first-order chi connectivity index (χ1) is 14.2. The molecule has 1 heterocycles. The highest BCUT2D eigenvalue weighted by Gasteiger charge is 2.07. The predicted octanol–water partition coefficient (Wildman–Crippen LogP) is 2.22. The van der Waals surface area contributed by atoms with Gasteiger partial charge in [-0.15, -0.1) is 0 Å². The average molecular weight is 393 g/mol. The Kier molecular flexibility index (Phi) is 7.22. The van der Waals surface area contributed by atoms with E-state index in [1.165, 1.54) is 0 Å². The summed E-state index contributed by atoms with van der Waals surface area (Å²) in [5.74, 6) is 1.56. The van der Waals surface area contributed by atoms with Gasteiger partial charge in [-0.25, -0.2) is 4.98 Å². The summed E-state index contributed by atoms with van der Waals surface area (Å²) in [6, 6.07) is 18.0. The fourth-order valence-electron chi connectivity index (χ4n) is 3.17. The molecule has 0 saturated carbocycles. The number of hydrogen-bond acceptors (Lipinski definition) is 3. The Labute approximate surface area is 171 Å². The van der Waals surface area contributed by atoms with E-state index in [1.54, 1.807) is 7.05 Å². The highest BCUT2D eigenvalue weighted by molar-refractivity contribution is 5.86. The van der Waals surface area contributed by atoms with Crippen LogP contribution in [0, 0.1) is 6.92 Å². The molecular formula is C22H28N6O. The Morgan fingerprint density at radius 3 is 2.59 bits per heavy atom. The number of fused-ring (bicyclic) bond motifs is 1. The first-order valence-corrected chi connectivity index (χ1v) is 9.84. The van der Waals surface area contributed by atoms with Crippen LogP contribution in [0.15, 0.2) is 59.6 Å². The van der Waals surface area contributed by atoms with Crippen LogP contribution in [-0.2, 0) is 17.9 Å². The number of imidazole rings is 1. The zero-order valence-electron chi connectivity index (χ0n) is 17.0. The molecule has 0 spiro atoms. The molecule has 0 unspecified atom stereocenters. The molecule has 0 radical (unpaired) electrons. The maximum Gasteiger partial charge on any atom is 0.239 e. The smallest absolute Gasteiger partial charge is 0.239 e. The van der Waals surface area contributed by atoms with Gasteiger partial charge in [0.2, 0.25) is 5.91 Å². The number of carbonyl (C=O) groups excluding carboxylic acids is 1. The lowest BCUT2D eigenvalue weighted by Gasteiger charge is -2.13. The topological polar surface area (TPSA) is 83.3 Å². The second kappa shape index (κ2) is 10.3. The molecule has 0 aliphatic rings. The van der Waals surface area contributed by atoms with Gasteiger partial charge in [-0.2, -0.15) is 0 Å². The summed E-state index contributed by atoms with van der Waals surface area (Å²) in [6.45, 7) is 4.34. The molecule has 7 heteroatoms. The number of nitrogens with one attached hydrogen (secondary N) is 3. The van der Waals surface area contributed by atoms with Crippen molar-refractivity contribution in [2.45, 2.75) is 26.4 Å². The summed E-state index contributed by atoms with van der Waals surface area (Å²) in [4.78, 5) is 20.8. The number of hydrogen-bond donors (Lipinski definition) is 3. The lowest BCUT2D eigenvalue weighted by molar-refractivity contribution is -0.120. The van der Waals surface area contributed by atoms with Crippen LogP contribution in [0.5, 0.6) is 0 Å². The van der Waals surface area contributed by atoms with Crippen LogP contribution in [0.1, 0.15) is 17.8 Å². The number of aliphatic imine (C=N–C) groups is 1. The molecule has 0 bridgehead atoms. The summed E-state index contributed by atoms with van der Waals surface area (Å²) in [7, 11) is 1.70. The van der Waals surface area contributed by atoms with E-state index in [4.69, 9.17) is 0 Å². The van der Waals surface area contributed by atoms with Gasteiger partial charge in [0.15, 0.2) is 5.96 Å². The third-order valence-electron chi connectivity index (χ3n) is 4.67. The second-order valence-corrected chi connectivity index (χ2v) is 6.77. The van der Waals surface area contributed by atoms with Gasteiger partial charge in [0.05, 0.1) is 17.6 Å². The molecule has 3 rings (SSSR count). The molecule has 1 aromatic heterocycles. The fraction of sp³-hybridized carbons (Fsp3) is 0.318. The maximum absolute atomic E-state index is 12.0. The summed E-state index contributed by atoms with van der Waals surface area (Å²) >= 11 is 0. The van der Waals surface area contributed by atoms with Gasteiger partial charge in [0.25, 0.3) is 0 Å². The lowest BCUT2D eigenvalue weighted by Crippen LogP contribution is -2.43. The van der Waals surface area contributed by atoms with Crippen molar-refractivity contribution < 1.29 is 4.79 Å². The van der Waals surface area contributed by atoms with Crippen LogP contribution in [0.25, 0.3) is 11.0 Å². The SMILES string of the molecule is CN=C(NCCCn1c(C)nc2ccccc21)NCC(=O)NCc1ccccc1. The van der Waals surface area contributed by atoms with Gasteiger partial charge >= 0.3 is 0 Å². The van der Waals surface area contributed by atoms with Crippen LogP contribution < -0.4 is 16.0 Å². The zero-order valence-corrected chi connectivity index (χ0v) is 17.0. The van der Waals surface area contributed by atoms with Crippen molar-refractivity contribution in [1.82, 2.24) is 25.5 Å². The van der Waals surface area contributed by atoms with Crippen molar-refractivity contribution in [3.05, 3.63) is 66.0 Å².